The number of nitrogens with zero attached hydrogens (tertiary/aromatic N) is 2. The van der Waals surface area contributed by atoms with Crippen molar-refractivity contribution in [1.29, 1.82) is 0 Å². The topological polar surface area (TPSA) is 96.0 Å². The van der Waals surface area contributed by atoms with E-state index in [9.17, 15) is 18.0 Å². The Morgan fingerprint density at radius 3 is 2.23 bits per heavy atom. The standard InChI is InChI=1S/C24H31Cl2N3O5S/c1-6-22(24(31)27-16(2)3)28(14-17-8-7-9-21(10-17)34-4)23(30)15-29(35(5,32)33)20-12-18(25)11-19(26)13-20/h7-13,16,22H,6,14-15H2,1-5H3,(H,27,31)/t22-/m1/s1. The summed E-state index contributed by atoms with van der Waals surface area (Å²) in [4.78, 5) is 28.0. The highest BCUT2D eigenvalue weighted by Crippen LogP contribution is 2.27. The Morgan fingerprint density at radius 2 is 1.71 bits per heavy atom. The molecule has 35 heavy (non-hydrogen) atoms. The number of ether oxygens (including phenoxy) is 1. The predicted octanol–water partition coefficient (Wildman–Crippen LogP) is 4.10. The Morgan fingerprint density at radius 1 is 1.09 bits per heavy atom. The van der Waals surface area contributed by atoms with Crippen LogP contribution in [0.5, 0.6) is 5.75 Å². The maximum absolute atomic E-state index is 13.6. The van der Waals surface area contributed by atoms with Crippen LogP contribution in [0.4, 0.5) is 5.69 Å². The number of rotatable bonds is 11. The average Bonchev–Trinajstić information content (AvgIpc) is 2.75. The third kappa shape index (κ3) is 8.30. The highest BCUT2D eigenvalue weighted by molar-refractivity contribution is 7.92. The Labute approximate surface area is 217 Å². The molecule has 2 aromatic carbocycles. The third-order valence-corrected chi connectivity index (χ3v) is 6.70. The molecule has 11 heteroatoms. The van der Waals surface area contributed by atoms with Crippen LogP contribution in [0.2, 0.25) is 10.0 Å². The lowest BCUT2D eigenvalue weighted by molar-refractivity contribution is -0.140. The summed E-state index contributed by atoms with van der Waals surface area (Å²) in [5.74, 6) is -0.281. The molecule has 0 saturated heterocycles. The number of benzene rings is 2. The number of methoxy groups -OCH3 is 1. The van der Waals surface area contributed by atoms with Gasteiger partial charge in [0.25, 0.3) is 0 Å². The molecule has 1 N–H and O–H groups in total. The molecule has 0 bridgehead atoms. The highest BCUT2D eigenvalue weighted by atomic mass is 35.5. The number of amides is 2. The Balaban J connectivity index is 2.49. The molecular formula is C24H31Cl2N3O5S. The van der Waals surface area contributed by atoms with Crippen LogP contribution in [-0.2, 0) is 26.2 Å². The van der Waals surface area contributed by atoms with E-state index in [1.54, 1.807) is 31.2 Å². The molecule has 0 heterocycles. The van der Waals surface area contributed by atoms with E-state index in [-0.39, 0.29) is 34.2 Å². The van der Waals surface area contributed by atoms with Crippen molar-refractivity contribution in [3.8, 4) is 5.75 Å². The van der Waals surface area contributed by atoms with Crippen LogP contribution in [0.1, 0.15) is 32.8 Å². The maximum atomic E-state index is 13.6. The van der Waals surface area contributed by atoms with E-state index in [0.717, 1.165) is 16.1 Å². The molecule has 2 amide bonds. The van der Waals surface area contributed by atoms with Crippen LogP contribution in [0.15, 0.2) is 42.5 Å². The molecule has 0 aliphatic carbocycles. The van der Waals surface area contributed by atoms with Crippen LogP contribution >= 0.6 is 23.2 Å². The fraction of sp³-hybridized carbons (Fsp3) is 0.417. The molecule has 0 aliphatic rings. The van der Waals surface area contributed by atoms with Crippen LogP contribution in [-0.4, -0.2) is 57.1 Å². The first-order valence-electron chi connectivity index (χ1n) is 11.0. The minimum atomic E-state index is -3.89. The van der Waals surface area contributed by atoms with Gasteiger partial charge in [-0.1, -0.05) is 42.3 Å². The van der Waals surface area contributed by atoms with Gasteiger partial charge in [-0.05, 0) is 56.2 Å². The lowest BCUT2D eigenvalue weighted by Crippen LogP contribution is -2.53. The van der Waals surface area contributed by atoms with E-state index < -0.39 is 28.5 Å². The summed E-state index contributed by atoms with van der Waals surface area (Å²) in [7, 11) is -2.35. The van der Waals surface area contributed by atoms with E-state index in [1.807, 2.05) is 13.8 Å². The van der Waals surface area contributed by atoms with E-state index in [4.69, 9.17) is 27.9 Å². The molecule has 0 aliphatic heterocycles. The molecule has 8 nitrogen and oxygen atoms in total. The van der Waals surface area contributed by atoms with Gasteiger partial charge in [0.2, 0.25) is 21.8 Å². The second-order valence-electron chi connectivity index (χ2n) is 8.36. The number of anilines is 1. The molecule has 0 unspecified atom stereocenters. The van der Waals surface area contributed by atoms with E-state index >= 15 is 0 Å². The Bertz CT molecular complexity index is 1140. The second-order valence-corrected chi connectivity index (χ2v) is 11.1. The van der Waals surface area contributed by atoms with Crippen molar-refractivity contribution < 1.29 is 22.7 Å². The van der Waals surface area contributed by atoms with Crippen molar-refractivity contribution in [2.24, 2.45) is 0 Å². The molecule has 0 aromatic heterocycles. The van der Waals surface area contributed by atoms with Crippen LogP contribution < -0.4 is 14.4 Å². The fourth-order valence-corrected chi connectivity index (χ4v) is 4.91. The highest BCUT2D eigenvalue weighted by Gasteiger charge is 2.32. The zero-order valence-corrected chi connectivity index (χ0v) is 22.7. The van der Waals surface area contributed by atoms with Gasteiger partial charge in [0.1, 0.15) is 18.3 Å². The van der Waals surface area contributed by atoms with Gasteiger partial charge in [-0.15, -0.1) is 0 Å². The first kappa shape index (κ1) is 28.7. The number of halogens is 2. The van der Waals surface area contributed by atoms with Gasteiger partial charge < -0.3 is 15.0 Å². The molecule has 0 spiro atoms. The largest absolute Gasteiger partial charge is 0.497 e. The summed E-state index contributed by atoms with van der Waals surface area (Å²) >= 11 is 12.2. The fourth-order valence-electron chi connectivity index (χ4n) is 3.56. The molecule has 0 fully saturated rings. The van der Waals surface area contributed by atoms with Crippen molar-refractivity contribution in [2.75, 3.05) is 24.2 Å². The summed E-state index contributed by atoms with van der Waals surface area (Å²) in [5, 5.41) is 3.30. The number of nitrogens with one attached hydrogen (secondary N) is 1. The molecular weight excluding hydrogens is 513 g/mol. The zero-order chi connectivity index (χ0) is 26.3. The van der Waals surface area contributed by atoms with Gasteiger partial charge in [-0.3, -0.25) is 13.9 Å². The molecule has 0 radical (unpaired) electrons. The number of carbonyl (C=O) groups excluding carboxylic acids is 2. The van der Waals surface area contributed by atoms with E-state index in [0.29, 0.717) is 12.2 Å². The average molecular weight is 545 g/mol. The number of carbonyl (C=O) groups is 2. The summed E-state index contributed by atoms with van der Waals surface area (Å²) in [6.07, 6.45) is 1.32. The van der Waals surface area contributed by atoms with Crippen LogP contribution in [0, 0.1) is 0 Å². The van der Waals surface area contributed by atoms with Crippen molar-refractivity contribution in [3.63, 3.8) is 0 Å². The normalized spacial score (nSPS) is 12.2. The minimum Gasteiger partial charge on any atom is -0.497 e. The number of hydrogen-bond acceptors (Lipinski definition) is 5. The zero-order valence-electron chi connectivity index (χ0n) is 20.4. The summed E-state index contributed by atoms with van der Waals surface area (Å²) in [5.41, 5.74) is 0.879. The van der Waals surface area contributed by atoms with Crippen molar-refractivity contribution >= 4 is 50.7 Å². The van der Waals surface area contributed by atoms with E-state index in [1.165, 1.54) is 30.2 Å². The summed E-state index contributed by atoms with van der Waals surface area (Å²) < 4.78 is 31.5. The minimum absolute atomic E-state index is 0.0773. The van der Waals surface area contributed by atoms with Gasteiger partial charge >= 0.3 is 0 Å². The van der Waals surface area contributed by atoms with Crippen LogP contribution in [0.25, 0.3) is 0 Å². The van der Waals surface area contributed by atoms with Gasteiger partial charge in [0.15, 0.2) is 0 Å². The Kier molecular flexibility index (Phi) is 10.2. The third-order valence-electron chi connectivity index (χ3n) is 5.12. The monoisotopic (exact) mass is 543 g/mol. The lowest BCUT2D eigenvalue weighted by atomic mass is 10.1. The van der Waals surface area contributed by atoms with Crippen molar-refractivity contribution in [3.05, 3.63) is 58.1 Å². The van der Waals surface area contributed by atoms with Gasteiger partial charge in [-0.25, -0.2) is 8.42 Å². The Hall–Kier alpha value is -2.49. The molecule has 0 saturated carbocycles. The SMILES string of the molecule is CC[C@H](C(=O)NC(C)C)N(Cc1cccc(OC)c1)C(=O)CN(c1cc(Cl)cc(Cl)c1)S(C)(=O)=O. The second kappa shape index (κ2) is 12.5. The molecule has 2 rings (SSSR count). The molecule has 2 aromatic rings. The quantitative estimate of drug-likeness (QED) is 0.460. The summed E-state index contributed by atoms with van der Waals surface area (Å²) in [6.45, 7) is 4.99. The molecule has 1 atom stereocenters. The van der Waals surface area contributed by atoms with Gasteiger partial charge in [0, 0.05) is 22.6 Å². The molecule has 192 valence electrons. The smallest absolute Gasteiger partial charge is 0.244 e. The number of hydrogen-bond donors (Lipinski definition) is 1. The van der Waals surface area contributed by atoms with Gasteiger partial charge in [0.05, 0.1) is 19.1 Å². The van der Waals surface area contributed by atoms with Crippen LogP contribution in [0.3, 0.4) is 0 Å². The van der Waals surface area contributed by atoms with Gasteiger partial charge in [-0.2, -0.15) is 0 Å². The first-order chi connectivity index (χ1) is 16.3. The van der Waals surface area contributed by atoms with E-state index in [2.05, 4.69) is 5.32 Å². The summed E-state index contributed by atoms with van der Waals surface area (Å²) in [6, 6.07) is 10.5. The number of sulfonamides is 1. The first-order valence-corrected chi connectivity index (χ1v) is 13.6. The van der Waals surface area contributed by atoms with Crippen molar-refractivity contribution in [1.82, 2.24) is 10.2 Å². The lowest BCUT2D eigenvalue weighted by Gasteiger charge is -2.33. The maximum Gasteiger partial charge on any atom is 0.244 e. The predicted molar refractivity (Wildman–Crippen MR) is 140 cm³/mol. The van der Waals surface area contributed by atoms with Crippen molar-refractivity contribution in [2.45, 2.75) is 45.8 Å².